The lowest BCUT2D eigenvalue weighted by Crippen LogP contribution is -2.25. The van der Waals surface area contributed by atoms with Gasteiger partial charge in [-0.2, -0.15) is 0 Å². The average molecular weight is 320 g/mol. The van der Waals surface area contributed by atoms with E-state index in [1.165, 1.54) is 51.4 Å². The lowest BCUT2D eigenvalue weighted by molar-refractivity contribution is 0.416. The van der Waals surface area contributed by atoms with Crippen molar-refractivity contribution < 1.29 is 4.74 Å². The molecule has 0 fully saturated rings. The van der Waals surface area contributed by atoms with Crippen molar-refractivity contribution in [1.29, 1.82) is 0 Å². The Balaban J connectivity index is 2.73. The van der Waals surface area contributed by atoms with Crippen LogP contribution in [-0.2, 0) is 0 Å². The number of benzene rings is 1. The first-order valence-electron chi connectivity index (χ1n) is 9.03. The monoisotopic (exact) mass is 320 g/mol. The molecule has 0 bridgehead atoms. The van der Waals surface area contributed by atoms with Crippen LogP contribution in [-0.4, -0.2) is 20.2 Å². The van der Waals surface area contributed by atoms with E-state index in [4.69, 9.17) is 4.74 Å². The maximum absolute atomic E-state index is 10.8. The fraction of sp³-hybridized carbons (Fsp3) is 0.684. The number of hydrogen-bond acceptors (Lipinski definition) is 4. The van der Waals surface area contributed by atoms with Crippen LogP contribution in [0.2, 0.25) is 0 Å². The van der Waals surface area contributed by atoms with Crippen molar-refractivity contribution in [2.75, 3.05) is 25.1 Å². The van der Waals surface area contributed by atoms with Gasteiger partial charge in [-0.05, 0) is 30.2 Å². The van der Waals surface area contributed by atoms with Crippen LogP contribution in [0.25, 0.3) is 0 Å². The summed E-state index contributed by atoms with van der Waals surface area (Å²) >= 11 is 0. The fourth-order valence-corrected chi connectivity index (χ4v) is 2.77. The van der Waals surface area contributed by atoms with Gasteiger partial charge in [0.2, 0.25) is 0 Å². The van der Waals surface area contributed by atoms with Crippen LogP contribution in [0.4, 0.5) is 11.4 Å². The summed E-state index contributed by atoms with van der Waals surface area (Å²) in [6.45, 7) is 6.59. The van der Waals surface area contributed by atoms with Crippen molar-refractivity contribution in [3.05, 3.63) is 23.1 Å². The molecule has 0 saturated carbocycles. The number of unbranched alkanes of at least 4 members (excludes halogenated alkanes) is 6. The van der Waals surface area contributed by atoms with E-state index in [9.17, 15) is 4.91 Å². The van der Waals surface area contributed by atoms with Gasteiger partial charge in [0.15, 0.2) is 0 Å². The number of rotatable bonds is 13. The molecule has 4 heteroatoms. The highest BCUT2D eigenvalue weighted by atomic mass is 16.5. The molecule has 4 nitrogen and oxygen atoms in total. The first-order chi connectivity index (χ1) is 11.3. The number of nitroso groups, excluding NO2 is 1. The van der Waals surface area contributed by atoms with Crippen LogP contribution in [0.3, 0.4) is 0 Å². The minimum Gasteiger partial charge on any atom is -0.494 e. The number of nitrogens with zero attached hydrogens (tertiary/aromatic N) is 2. The Kier molecular flexibility index (Phi) is 10.1. The Labute approximate surface area is 141 Å². The average Bonchev–Trinajstić information content (AvgIpc) is 2.59. The first-order valence-corrected chi connectivity index (χ1v) is 9.03. The molecule has 0 heterocycles. The van der Waals surface area contributed by atoms with Gasteiger partial charge in [0, 0.05) is 24.8 Å². The van der Waals surface area contributed by atoms with E-state index >= 15 is 0 Å². The van der Waals surface area contributed by atoms with E-state index in [1.807, 2.05) is 12.1 Å². The van der Waals surface area contributed by atoms with Crippen LogP contribution in [0.5, 0.6) is 5.75 Å². The SMILES string of the molecule is CCCCCCN(CCCCCC)c1ccc(N=O)c(OC)c1. The van der Waals surface area contributed by atoms with Crippen molar-refractivity contribution >= 4 is 11.4 Å². The summed E-state index contributed by atoms with van der Waals surface area (Å²) < 4.78 is 5.29. The lowest BCUT2D eigenvalue weighted by atomic mass is 10.1. The molecule has 0 N–H and O–H groups in total. The second-order valence-electron chi connectivity index (χ2n) is 6.06. The van der Waals surface area contributed by atoms with Crippen LogP contribution in [0.1, 0.15) is 65.2 Å². The van der Waals surface area contributed by atoms with Crippen molar-refractivity contribution in [1.82, 2.24) is 0 Å². The highest BCUT2D eigenvalue weighted by molar-refractivity contribution is 5.61. The van der Waals surface area contributed by atoms with Gasteiger partial charge in [-0.25, -0.2) is 0 Å². The predicted molar refractivity (Wildman–Crippen MR) is 98.9 cm³/mol. The van der Waals surface area contributed by atoms with Gasteiger partial charge < -0.3 is 9.64 Å². The van der Waals surface area contributed by atoms with Crippen LogP contribution < -0.4 is 9.64 Å². The molecule has 0 aliphatic rings. The largest absolute Gasteiger partial charge is 0.494 e. The fourth-order valence-electron chi connectivity index (χ4n) is 2.77. The minimum absolute atomic E-state index is 0.369. The molecule has 0 radical (unpaired) electrons. The Bertz CT molecular complexity index is 437. The first kappa shape index (κ1) is 19.5. The molecule has 23 heavy (non-hydrogen) atoms. The highest BCUT2D eigenvalue weighted by Gasteiger charge is 2.10. The summed E-state index contributed by atoms with van der Waals surface area (Å²) in [5, 5.41) is 3.02. The molecule has 0 aliphatic carbocycles. The smallest absolute Gasteiger partial charge is 0.150 e. The van der Waals surface area contributed by atoms with Crippen molar-refractivity contribution in [3.63, 3.8) is 0 Å². The molecule has 0 spiro atoms. The lowest BCUT2D eigenvalue weighted by Gasteiger charge is -2.25. The van der Waals surface area contributed by atoms with Crippen molar-refractivity contribution in [2.24, 2.45) is 5.18 Å². The van der Waals surface area contributed by atoms with Gasteiger partial charge in [0.05, 0.1) is 7.11 Å². The van der Waals surface area contributed by atoms with Gasteiger partial charge in [-0.3, -0.25) is 0 Å². The minimum atomic E-state index is 0.369. The summed E-state index contributed by atoms with van der Waals surface area (Å²) in [5.41, 5.74) is 1.50. The van der Waals surface area contributed by atoms with Crippen molar-refractivity contribution in [2.45, 2.75) is 65.2 Å². The molecule has 0 atom stereocenters. The van der Waals surface area contributed by atoms with E-state index in [0.29, 0.717) is 11.4 Å². The molecule has 0 aliphatic heterocycles. The molecule has 0 saturated heterocycles. The van der Waals surface area contributed by atoms with Gasteiger partial charge in [-0.15, -0.1) is 4.91 Å². The molecular weight excluding hydrogens is 288 g/mol. The quantitative estimate of drug-likeness (QED) is 0.327. The van der Waals surface area contributed by atoms with Crippen molar-refractivity contribution in [3.8, 4) is 5.75 Å². The molecule has 1 rings (SSSR count). The van der Waals surface area contributed by atoms with E-state index < -0.39 is 0 Å². The summed E-state index contributed by atoms with van der Waals surface area (Å²) in [5.74, 6) is 0.560. The Morgan fingerprint density at radius 3 is 2.04 bits per heavy atom. The Morgan fingerprint density at radius 1 is 0.957 bits per heavy atom. The normalized spacial score (nSPS) is 10.6. The predicted octanol–water partition coefficient (Wildman–Crippen LogP) is 6.06. The third-order valence-electron chi connectivity index (χ3n) is 4.19. The van der Waals surface area contributed by atoms with Gasteiger partial charge in [0.1, 0.15) is 11.4 Å². The molecule has 130 valence electrons. The zero-order valence-electron chi connectivity index (χ0n) is 15.0. The second kappa shape index (κ2) is 11.9. The van der Waals surface area contributed by atoms with E-state index in [1.54, 1.807) is 13.2 Å². The molecule has 0 aromatic heterocycles. The third-order valence-corrected chi connectivity index (χ3v) is 4.19. The highest BCUT2D eigenvalue weighted by Crippen LogP contribution is 2.32. The van der Waals surface area contributed by atoms with Crippen LogP contribution >= 0.6 is 0 Å². The number of anilines is 1. The summed E-state index contributed by atoms with van der Waals surface area (Å²) in [6, 6.07) is 5.68. The molecule has 1 aromatic carbocycles. The van der Waals surface area contributed by atoms with Crippen LogP contribution in [0.15, 0.2) is 23.4 Å². The van der Waals surface area contributed by atoms with E-state index in [-0.39, 0.29) is 0 Å². The zero-order chi connectivity index (χ0) is 16.9. The third kappa shape index (κ3) is 7.02. The Hall–Kier alpha value is -1.58. The van der Waals surface area contributed by atoms with Gasteiger partial charge in [-0.1, -0.05) is 52.4 Å². The zero-order valence-corrected chi connectivity index (χ0v) is 15.0. The summed E-state index contributed by atoms with van der Waals surface area (Å²) in [6.07, 6.45) is 10.0. The molecule has 1 aromatic rings. The molecular formula is C19H32N2O2. The second-order valence-corrected chi connectivity index (χ2v) is 6.06. The van der Waals surface area contributed by atoms with E-state index in [0.717, 1.165) is 18.8 Å². The van der Waals surface area contributed by atoms with Gasteiger partial charge in [0.25, 0.3) is 0 Å². The van der Waals surface area contributed by atoms with Crippen LogP contribution in [0, 0.1) is 4.91 Å². The maximum atomic E-state index is 10.8. The summed E-state index contributed by atoms with van der Waals surface area (Å²) in [7, 11) is 1.58. The molecule has 0 amide bonds. The van der Waals surface area contributed by atoms with Gasteiger partial charge >= 0.3 is 0 Å². The molecule has 0 unspecified atom stereocenters. The maximum Gasteiger partial charge on any atom is 0.150 e. The van der Waals surface area contributed by atoms with E-state index in [2.05, 4.69) is 23.9 Å². The standard InChI is InChI=1S/C19H32N2O2/c1-4-6-8-10-14-21(15-11-9-7-5-2)17-12-13-18(20-22)19(16-17)23-3/h12-13,16H,4-11,14-15H2,1-3H3. The topological polar surface area (TPSA) is 41.9 Å². The number of ether oxygens (including phenoxy) is 1. The summed E-state index contributed by atoms with van der Waals surface area (Å²) in [4.78, 5) is 13.2. The number of methoxy groups -OCH3 is 1. The number of hydrogen-bond donors (Lipinski definition) is 0. The Morgan fingerprint density at radius 2 is 1.57 bits per heavy atom.